The second-order valence-corrected chi connectivity index (χ2v) is 6.67. The van der Waals surface area contributed by atoms with Gasteiger partial charge in [0.05, 0.1) is 6.54 Å². The van der Waals surface area contributed by atoms with Gasteiger partial charge in [-0.15, -0.1) is 0 Å². The van der Waals surface area contributed by atoms with Crippen LogP contribution in [-0.2, 0) is 16.2 Å². The summed E-state index contributed by atoms with van der Waals surface area (Å²) < 4.78 is 5.59. The molecule has 0 aromatic heterocycles. The molecule has 2 bridgehead atoms. The smallest absolute Gasteiger partial charge is 0.345 e. The summed E-state index contributed by atoms with van der Waals surface area (Å²) >= 11 is 0. The first-order valence-electron chi connectivity index (χ1n) is 8.97. The molecule has 7 heteroatoms. The summed E-state index contributed by atoms with van der Waals surface area (Å²) in [6.45, 7) is 4.44. The van der Waals surface area contributed by atoms with Crippen LogP contribution in [0.2, 0.25) is 0 Å². The third-order valence-corrected chi connectivity index (χ3v) is 4.93. The van der Waals surface area contributed by atoms with Gasteiger partial charge in [-0.1, -0.05) is 49.1 Å². The Balaban J connectivity index is 1.66. The molecule has 2 amide bonds. The second-order valence-electron chi connectivity index (χ2n) is 6.67. The molecule has 2 aromatic carbocycles. The van der Waals surface area contributed by atoms with Gasteiger partial charge in [0.25, 0.3) is 0 Å². The summed E-state index contributed by atoms with van der Waals surface area (Å²) in [6, 6.07) is 12.8. The minimum atomic E-state index is -1.07. The predicted octanol–water partition coefficient (Wildman–Crippen LogP) is 3.30. The molecule has 0 spiro atoms. The van der Waals surface area contributed by atoms with E-state index in [0.717, 1.165) is 11.1 Å². The molecule has 0 radical (unpaired) electrons. The molecule has 1 saturated heterocycles. The van der Waals surface area contributed by atoms with Gasteiger partial charge in [-0.25, -0.2) is 9.59 Å². The van der Waals surface area contributed by atoms with Crippen molar-refractivity contribution in [2.45, 2.75) is 18.7 Å². The first-order chi connectivity index (χ1) is 13.6. The molecule has 1 fully saturated rings. The zero-order valence-electron chi connectivity index (χ0n) is 15.2. The molecule has 0 saturated carbocycles. The molecule has 1 unspecified atom stereocenters. The highest BCUT2D eigenvalue weighted by molar-refractivity contribution is 5.87. The lowest BCUT2D eigenvalue weighted by Gasteiger charge is -2.30. The molecule has 144 valence electrons. The summed E-state index contributed by atoms with van der Waals surface area (Å²) in [5, 5.41) is 11.0. The van der Waals surface area contributed by atoms with E-state index in [1.54, 1.807) is 24.3 Å². The van der Waals surface area contributed by atoms with E-state index < -0.39 is 24.1 Å². The number of carbonyl (C=O) groups excluding carboxylic acids is 1. The summed E-state index contributed by atoms with van der Waals surface area (Å²) in [5.74, 6) is -0.476. The molecule has 28 heavy (non-hydrogen) atoms. The Labute approximate surface area is 162 Å². The summed E-state index contributed by atoms with van der Waals surface area (Å²) in [6.07, 6.45) is 1.63. The molecule has 2 aromatic rings. The van der Waals surface area contributed by atoms with E-state index in [1.807, 2.05) is 30.3 Å². The third kappa shape index (κ3) is 3.10. The van der Waals surface area contributed by atoms with E-state index >= 15 is 0 Å². The molecule has 2 aliphatic heterocycles. The molecular weight excluding hydrogens is 360 g/mol. The van der Waals surface area contributed by atoms with Gasteiger partial charge in [-0.2, -0.15) is 5.06 Å². The van der Waals surface area contributed by atoms with Crippen molar-refractivity contribution in [3.05, 3.63) is 77.9 Å². The van der Waals surface area contributed by atoms with Crippen molar-refractivity contribution in [1.29, 1.82) is 0 Å². The van der Waals surface area contributed by atoms with Gasteiger partial charge in [0.15, 0.2) is 6.04 Å². The number of hydrogen-bond acceptors (Lipinski definition) is 4. The first kappa shape index (κ1) is 18.1. The number of carboxylic acid groups (broad SMARTS) is 1. The number of carbonyl (C=O) groups is 2. The highest BCUT2D eigenvalue weighted by Gasteiger charge is 2.51. The number of aliphatic carboxylic acids is 1. The van der Waals surface area contributed by atoms with Gasteiger partial charge in [-0.3, -0.25) is 4.84 Å². The molecule has 1 N–H and O–H groups in total. The Hall–Kier alpha value is -3.32. The quantitative estimate of drug-likeness (QED) is 0.746. The van der Waals surface area contributed by atoms with Crippen molar-refractivity contribution in [1.82, 2.24) is 9.96 Å². The van der Waals surface area contributed by atoms with Crippen molar-refractivity contribution < 1.29 is 24.3 Å². The number of fused-ring (bicyclic) bond motifs is 4. The summed E-state index contributed by atoms with van der Waals surface area (Å²) in [7, 11) is 0. The largest absolute Gasteiger partial charge is 0.490 e. The zero-order chi connectivity index (χ0) is 19.7. The van der Waals surface area contributed by atoms with E-state index in [0.29, 0.717) is 17.9 Å². The minimum Gasteiger partial charge on any atom is -0.490 e. The van der Waals surface area contributed by atoms with Crippen molar-refractivity contribution in [3.8, 4) is 5.75 Å². The average Bonchev–Trinajstić information content (AvgIpc) is 2.98. The highest BCUT2D eigenvalue weighted by atomic mass is 16.7. The van der Waals surface area contributed by atoms with Crippen LogP contribution in [0.5, 0.6) is 5.75 Å². The van der Waals surface area contributed by atoms with Crippen molar-refractivity contribution in [3.63, 3.8) is 0 Å². The standard InChI is InChI=1S/C21H20N2O5/c1-2-10-27-15-8-9-16-17(11-15)18-12-22(19(16)20(24)25)21(26)23(18)28-13-14-6-4-3-5-7-14/h2-9,11,18-19H,1,10,12-13H2,(H,24,25)/t18-,19?/m1/s1. The van der Waals surface area contributed by atoms with Crippen molar-refractivity contribution >= 4 is 12.0 Å². The van der Waals surface area contributed by atoms with Crippen LogP contribution in [0.25, 0.3) is 0 Å². The number of amides is 2. The monoisotopic (exact) mass is 380 g/mol. The summed E-state index contributed by atoms with van der Waals surface area (Å²) in [4.78, 5) is 31.9. The van der Waals surface area contributed by atoms with Crippen LogP contribution in [0.1, 0.15) is 28.8 Å². The molecule has 2 aliphatic rings. The van der Waals surface area contributed by atoms with Crippen LogP contribution >= 0.6 is 0 Å². The number of ether oxygens (including phenoxy) is 1. The number of carboxylic acids is 1. The van der Waals surface area contributed by atoms with Gasteiger partial charge in [0, 0.05) is 0 Å². The van der Waals surface area contributed by atoms with Gasteiger partial charge < -0.3 is 14.7 Å². The lowest BCUT2D eigenvalue weighted by atomic mass is 9.91. The predicted molar refractivity (Wildman–Crippen MR) is 100 cm³/mol. The molecule has 4 rings (SSSR count). The van der Waals surface area contributed by atoms with Gasteiger partial charge in [0.2, 0.25) is 0 Å². The Morgan fingerprint density at radius 1 is 1.21 bits per heavy atom. The third-order valence-electron chi connectivity index (χ3n) is 4.93. The normalized spacial score (nSPS) is 20.1. The number of nitrogens with zero attached hydrogens (tertiary/aromatic N) is 2. The number of benzene rings is 2. The van der Waals surface area contributed by atoms with Gasteiger partial charge in [-0.05, 0) is 28.8 Å². The van der Waals surface area contributed by atoms with Gasteiger partial charge in [0.1, 0.15) is 25.0 Å². The van der Waals surface area contributed by atoms with Crippen LogP contribution in [0.3, 0.4) is 0 Å². The topological polar surface area (TPSA) is 79.3 Å². The fourth-order valence-electron chi connectivity index (χ4n) is 3.67. The zero-order valence-corrected chi connectivity index (χ0v) is 15.2. The maximum absolute atomic E-state index is 12.9. The van der Waals surface area contributed by atoms with Crippen LogP contribution in [0, 0.1) is 0 Å². The number of urea groups is 1. The van der Waals surface area contributed by atoms with Gasteiger partial charge >= 0.3 is 12.0 Å². The summed E-state index contributed by atoms with van der Waals surface area (Å²) in [5.41, 5.74) is 2.22. The lowest BCUT2D eigenvalue weighted by molar-refractivity contribution is -0.143. The molecular formula is C21H20N2O5. The Morgan fingerprint density at radius 2 is 2.00 bits per heavy atom. The molecule has 0 aliphatic carbocycles. The number of hydrogen-bond donors (Lipinski definition) is 1. The second kappa shape index (κ2) is 7.36. The van der Waals surface area contributed by atoms with E-state index in [9.17, 15) is 14.7 Å². The molecule has 2 heterocycles. The molecule has 7 nitrogen and oxygen atoms in total. The average molecular weight is 380 g/mol. The van der Waals surface area contributed by atoms with E-state index in [1.165, 1.54) is 9.96 Å². The van der Waals surface area contributed by atoms with Crippen molar-refractivity contribution in [2.24, 2.45) is 0 Å². The van der Waals surface area contributed by atoms with Crippen molar-refractivity contribution in [2.75, 3.05) is 13.2 Å². The minimum absolute atomic E-state index is 0.219. The Kier molecular flexibility index (Phi) is 4.75. The number of rotatable bonds is 7. The number of hydroxylamine groups is 2. The molecule has 2 atom stereocenters. The Bertz CT molecular complexity index is 914. The van der Waals surface area contributed by atoms with Crippen LogP contribution < -0.4 is 4.74 Å². The van der Waals surface area contributed by atoms with E-state index in [4.69, 9.17) is 9.57 Å². The lowest BCUT2D eigenvalue weighted by Crippen LogP contribution is -2.38. The van der Waals surface area contributed by atoms with Crippen LogP contribution in [0.15, 0.2) is 61.2 Å². The SMILES string of the molecule is C=CCOc1ccc2c(c1)[C@H]1CN(C(=O)N1OCc1ccccc1)C2C(=O)O. The first-order valence-corrected chi connectivity index (χ1v) is 8.97. The van der Waals surface area contributed by atoms with E-state index in [2.05, 4.69) is 6.58 Å². The maximum Gasteiger partial charge on any atom is 0.345 e. The van der Waals surface area contributed by atoms with Crippen LogP contribution in [-0.4, -0.2) is 40.2 Å². The fourth-order valence-corrected chi connectivity index (χ4v) is 3.67. The van der Waals surface area contributed by atoms with E-state index in [-0.39, 0.29) is 13.2 Å². The highest BCUT2D eigenvalue weighted by Crippen LogP contribution is 2.45. The van der Waals surface area contributed by atoms with Crippen LogP contribution in [0.4, 0.5) is 4.79 Å². The fraction of sp³-hybridized carbons (Fsp3) is 0.238. The maximum atomic E-state index is 12.9. The Morgan fingerprint density at radius 3 is 2.71 bits per heavy atom.